The summed E-state index contributed by atoms with van der Waals surface area (Å²) in [6.45, 7) is 12.7. The molecule has 4 aliphatic heterocycles. The van der Waals surface area contributed by atoms with Crippen molar-refractivity contribution in [1.29, 1.82) is 0 Å². The Morgan fingerprint density at radius 1 is 1.06 bits per heavy atom. The number of likely N-dealkylation sites (tertiary alicyclic amines) is 1. The van der Waals surface area contributed by atoms with E-state index in [0.29, 0.717) is 13.1 Å². The Morgan fingerprint density at radius 2 is 1.70 bits per heavy atom. The number of carbonyl (C=O) groups excluding carboxylic acids is 3. The maximum atomic E-state index is 14.2. The molecule has 2 saturated heterocycles. The van der Waals surface area contributed by atoms with Crippen LogP contribution in [0.1, 0.15) is 41.5 Å². The van der Waals surface area contributed by atoms with Crippen molar-refractivity contribution in [2.45, 2.75) is 68.7 Å². The van der Waals surface area contributed by atoms with Crippen LogP contribution in [0.4, 0.5) is 0 Å². The fourth-order valence-electron chi connectivity index (χ4n) is 6.16. The minimum atomic E-state index is -0.867. The van der Waals surface area contributed by atoms with E-state index in [4.69, 9.17) is 0 Å². The van der Waals surface area contributed by atoms with Crippen LogP contribution in [-0.4, -0.2) is 91.4 Å². The first kappa shape index (κ1) is 24.3. The monoisotopic (exact) mass is 475 g/mol. The average Bonchev–Trinajstić information content (AvgIpc) is 2.97. The van der Waals surface area contributed by atoms with Crippen molar-refractivity contribution >= 4 is 29.5 Å². The van der Waals surface area contributed by atoms with Crippen LogP contribution in [0.3, 0.4) is 0 Å². The molecule has 4 rings (SSSR count). The number of aliphatic hydroxyl groups is 1. The van der Waals surface area contributed by atoms with Gasteiger partial charge in [-0.05, 0) is 33.6 Å². The molecule has 1 unspecified atom stereocenters. The van der Waals surface area contributed by atoms with Crippen molar-refractivity contribution in [3.8, 4) is 0 Å². The van der Waals surface area contributed by atoms with Crippen LogP contribution in [0.25, 0.3) is 0 Å². The summed E-state index contributed by atoms with van der Waals surface area (Å²) >= 11 is 1.58. The number of carbonyl (C=O) groups is 3. The Hall–Kier alpha value is -1.80. The highest BCUT2D eigenvalue weighted by Gasteiger charge is 2.74. The molecule has 1 N–H and O–H groups in total. The predicted molar refractivity (Wildman–Crippen MR) is 129 cm³/mol. The van der Waals surface area contributed by atoms with E-state index in [0.717, 1.165) is 0 Å². The molecule has 4 heterocycles. The highest BCUT2D eigenvalue weighted by Crippen LogP contribution is 2.66. The smallest absolute Gasteiger partial charge is 0.247 e. The highest BCUT2D eigenvalue weighted by atomic mass is 32.2. The standard InChI is InChI=1S/C25H37N3O4S/c1-15(2)16(14-29)28-19-22(32)27(23(3,4)5)13-9-11-25(19)18(21(28)31)17-20(30)26(7)12-8-10-24(17,6)33-25/h8-11,15-19,29H,12-14H2,1-7H3/t16-,17+,18-,19?,24-,25-/m0/s1. The van der Waals surface area contributed by atoms with Gasteiger partial charge in [0.15, 0.2) is 0 Å². The number of aliphatic hydroxyl groups excluding tert-OH is 1. The fraction of sp³-hybridized carbons (Fsp3) is 0.720. The molecule has 2 fully saturated rings. The van der Waals surface area contributed by atoms with Gasteiger partial charge in [0.25, 0.3) is 0 Å². The van der Waals surface area contributed by atoms with Crippen LogP contribution < -0.4 is 0 Å². The van der Waals surface area contributed by atoms with Crippen molar-refractivity contribution < 1.29 is 19.5 Å². The van der Waals surface area contributed by atoms with E-state index in [2.05, 4.69) is 6.08 Å². The summed E-state index contributed by atoms with van der Waals surface area (Å²) in [5.74, 6) is -1.64. The van der Waals surface area contributed by atoms with E-state index >= 15 is 0 Å². The van der Waals surface area contributed by atoms with Crippen molar-refractivity contribution in [2.24, 2.45) is 17.8 Å². The Morgan fingerprint density at radius 3 is 2.27 bits per heavy atom. The molecule has 182 valence electrons. The van der Waals surface area contributed by atoms with Gasteiger partial charge in [-0.25, -0.2) is 0 Å². The normalized spacial score (nSPS) is 37.3. The van der Waals surface area contributed by atoms with E-state index in [1.165, 1.54) is 0 Å². The first-order chi connectivity index (χ1) is 15.3. The SMILES string of the molecule is CC(C)[C@H](CO)N1C(=O)[C@@H]2[C@@H]3C(=O)N(C)CC=C[C@]3(C)S[C@@]23C=CCN(C(C)(C)C)C(=O)C13. The Bertz CT molecular complexity index is 925. The molecule has 6 atom stereocenters. The third-order valence-electron chi connectivity index (χ3n) is 7.82. The van der Waals surface area contributed by atoms with Crippen LogP contribution in [0, 0.1) is 17.8 Å². The predicted octanol–water partition coefficient (Wildman–Crippen LogP) is 1.92. The zero-order valence-electron chi connectivity index (χ0n) is 20.7. The second kappa shape index (κ2) is 7.87. The fourth-order valence-corrected chi connectivity index (χ4v) is 8.31. The molecule has 4 aliphatic rings. The maximum Gasteiger partial charge on any atom is 0.247 e. The average molecular weight is 476 g/mol. The molecule has 33 heavy (non-hydrogen) atoms. The van der Waals surface area contributed by atoms with Gasteiger partial charge in [0, 0.05) is 30.4 Å². The van der Waals surface area contributed by atoms with Gasteiger partial charge in [0.2, 0.25) is 17.7 Å². The molecule has 8 heteroatoms. The third kappa shape index (κ3) is 3.39. The highest BCUT2D eigenvalue weighted by molar-refractivity contribution is 8.02. The number of hydrogen-bond donors (Lipinski definition) is 1. The van der Waals surface area contributed by atoms with E-state index in [9.17, 15) is 19.5 Å². The van der Waals surface area contributed by atoms with Gasteiger partial charge in [-0.15, -0.1) is 11.8 Å². The Balaban J connectivity index is 1.95. The van der Waals surface area contributed by atoms with Gasteiger partial charge >= 0.3 is 0 Å². The van der Waals surface area contributed by atoms with Gasteiger partial charge in [0.05, 0.1) is 29.2 Å². The topological polar surface area (TPSA) is 81.2 Å². The molecule has 0 aromatic heterocycles. The van der Waals surface area contributed by atoms with Crippen LogP contribution in [0.15, 0.2) is 24.3 Å². The number of amides is 3. The molecule has 0 aromatic rings. The first-order valence-corrected chi connectivity index (χ1v) is 12.7. The van der Waals surface area contributed by atoms with Gasteiger partial charge in [-0.1, -0.05) is 38.2 Å². The zero-order valence-corrected chi connectivity index (χ0v) is 21.6. The van der Waals surface area contributed by atoms with Crippen molar-refractivity contribution in [2.75, 3.05) is 26.7 Å². The molecule has 3 amide bonds. The zero-order chi connectivity index (χ0) is 24.5. The lowest BCUT2D eigenvalue weighted by molar-refractivity contribution is -0.149. The maximum absolute atomic E-state index is 14.2. The molecule has 0 aliphatic carbocycles. The molecular weight excluding hydrogens is 438 g/mol. The van der Waals surface area contributed by atoms with Crippen LogP contribution in [0.2, 0.25) is 0 Å². The summed E-state index contributed by atoms with van der Waals surface area (Å²) in [5.41, 5.74) is -0.431. The lowest BCUT2D eigenvalue weighted by Gasteiger charge is -2.43. The molecule has 0 radical (unpaired) electrons. The number of hydrogen-bond acceptors (Lipinski definition) is 5. The second-order valence-corrected chi connectivity index (χ2v) is 13.2. The number of rotatable bonds is 3. The number of fused-ring (bicyclic) bond motifs is 2. The van der Waals surface area contributed by atoms with Crippen LogP contribution in [-0.2, 0) is 14.4 Å². The van der Waals surface area contributed by atoms with Crippen LogP contribution >= 0.6 is 11.8 Å². The lowest BCUT2D eigenvalue weighted by atomic mass is 9.74. The van der Waals surface area contributed by atoms with Crippen molar-refractivity contribution in [1.82, 2.24) is 14.7 Å². The summed E-state index contributed by atoms with van der Waals surface area (Å²) in [4.78, 5) is 47.2. The molecule has 0 aromatic carbocycles. The largest absolute Gasteiger partial charge is 0.394 e. The Kier molecular flexibility index (Phi) is 5.80. The van der Waals surface area contributed by atoms with E-state index in [-0.39, 0.29) is 30.2 Å². The first-order valence-electron chi connectivity index (χ1n) is 11.8. The third-order valence-corrected chi connectivity index (χ3v) is 9.62. The number of thioether (sulfide) groups is 1. The van der Waals surface area contributed by atoms with E-state index in [1.807, 2.05) is 64.7 Å². The minimum absolute atomic E-state index is 0.0401. The molecule has 0 bridgehead atoms. The number of nitrogens with zero attached hydrogens (tertiary/aromatic N) is 3. The van der Waals surface area contributed by atoms with E-state index in [1.54, 1.807) is 28.6 Å². The van der Waals surface area contributed by atoms with Gasteiger partial charge in [-0.2, -0.15) is 0 Å². The van der Waals surface area contributed by atoms with Crippen molar-refractivity contribution in [3.05, 3.63) is 24.3 Å². The summed E-state index contributed by atoms with van der Waals surface area (Å²) in [6, 6.07) is -1.27. The summed E-state index contributed by atoms with van der Waals surface area (Å²) in [5, 5.41) is 10.3. The molecule has 0 saturated carbocycles. The van der Waals surface area contributed by atoms with Gasteiger partial charge in [-0.3, -0.25) is 14.4 Å². The summed E-state index contributed by atoms with van der Waals surface area (Å²) in [6.07, 6.45) is 8.08. The quantitative estimate of drug-likeness (QED) is 0.631. The van der Waals surface area contributed by atoms with Crippen molar-refractivity contribution in [3.63, 3.8) is 0 Å². The molecular formula is C25H37N3O4S. The van der Waals surface area contributed by atoms with E-state index < -0.39 is 39.0 Å². The Labute approximate surface area is 201 Å². The summed E-state index contributed by atoms with van der Waals surface area (Å²) < 4.78 is -1.46. The lowest BCUT2D eigenvalue weighted by Crippen LogP contribution is -2.60. The minimum Gasteiger partial charge on any atom is -0.394 e. The summed E-state index contributed by atoms with van der Waals surface area (Å²) in [7, 11) is 1.77. The second-order valence-electron chi connectivity index (χ2n) is 11.4. The van der Waals surface area contributed by atoms with Gasteiger partial charge in [0.1, 0.15) is 6.04 Å². The molecule has 7 nitrogen and oxygen atoms in total. The van der Waals surface area contributed by atoms with Gasteiger partial charge < -0.3 is 19.8 Å². The molecule has 1 spiro atoms. The number of likely N-dealkylation sites (N-methyl/N-ethyl adjacent to an activating group) is 1. The van der Waals surface area contributed by atoms with Crippen LogP contribution in [0.5, 0.6) is 0 Å².